The monoisotopic (exact) mass is 477 g/mol. The predicted octanol–water partition coefficient (Wildman–Crippen LogP) is 3.14. The van der Waals surface area contributed by atoms with Gasteiger partial charge in [-0.2, -0.15) is 13.2 Å². The van der Waals surface area contributed by atoms with Gasteiger partial charge in [0.1, 0.15) is 18.4 Å². The fourth-order valence-corrected chi connectivity index (χ4v) is 4.23. The van der Waals surface area contributed by atoms with E-state index in [1.165, 1.54) is 24.3 Å². The number of urea groups is 1. The van der Waals surface area contributed by atoms with Crippen LogP contribution < -0.4 is 5.32 Å². The summed E-state index contributed by atoms with van der Waals surface area (Å²) in [5, 5.41) is 2.46. The highest BCUT2D eigenvalue weighted by molar-refractivity contribution is 6.16. The molecule has 178 valence electrons. The molecule has 2 atom stereocenters. The normalized spacial score (nSPS) is 20.5. The second-order valence-electron chi connectivity index (χ2n) is 8.24. The van der Waals surface area contributed by atoms with E-state index in [4.69, 9.17) is 0 Å². The van der Waals surface area contributed by atoms with Crippen LogP contribution >= 0.6 is 0 Å². The topological polar surface area (TPSA) is 86.8 Å². The van der Waals surface area contributed by atoms with Crippen LogP contribution in [0.5, 0.6) is 0 Å². The molecule has 2 aromatic rings. The first-order valence-electron chi connectivity index (χ1n) is 10.3. The maximum Gasteiger partial charge on any atom is 0.408 e. The van der Waals surface area contributed by atoms with Crippen molar-refractivity contribution in [2.75, 3.05) is 6.54 Å². The highest BCUT2D eigenvalue weighted by Gasteiger charge is 2.58. The summed E-state index contributed by atoms with van der Waals surface area (Å²) in [6.07, 6.45) is -5.13. The number of nitrogens with zero attached hydrogens (tertiary/aromatic N) is 2. The number of halogens is 4. The molecule has 1 fully saturated rings. The van der Waals surface area contributed by atoms with Crippen molar-refractivity contribution in [1.29, 1.82) is 0 Å². The molecule has 0 unspecified atom stereocenters. The maximum absolute atomic E-state index is 13.5. The van der Waals surface area contributed by atoms with Crippen LogP contribution in [0.2, 0.25) is 0 Å². The van der Waals surface area contributed by atoms with Gasteiger partial charge in [-0.1, -0.05) is 36.4 Å². The summed E-state index contributed by atoms with van der Waals surface area (Å²) < 4.78 is 53.7. The fraction of sp³-hybridized carbons (Fsp3) is 0.304. The van der Waals surface area contributed by atoms with Gasteiger partial charge in [0, 0.05) is 18.5 Å². The van der Waals surface area contributed by atoms with E-state index in [0.29, 0.717) is 9.80 Å². The predicted molar refractivity (Wildman–Crippen MR) is 110 cm³/mol. The van der Waals surface area contributed by atoms with Crippen molar-refractivity contribution in [3.63, 3.8) is 0 Å². The Bertz CT molecular complexity index is 1180. The molecule has 0 bridgehead atoms. The molecule has 4 amide bonds. The molecule has 4 rings (SSSR count). The first-order chi connectivity index (χ1) is 15.9. The fourth-order valence-electron chi connectivity index (χ4n) is 4.23. The number of alkyl halides is 3. The smallest absolute Gasteiger partial charge is 0.325 e. The number of rotatable bonds is 5. The zero-order chi connectivity index (χ0) is 24.8. The Morgan fingerprint density at radius 3 is 2.41 bits per heavy atom. The summed E-state index contributed by atoms with van der Waals surface area (Å²) in [5.41, 5.74) is -0.925. The molecule has 0 radical (unpaired) electrons. The molecule has 0 saturated carbocycles. The number of amides is 4. The minimum absolute atomic E-state index is 0.231. The van der Waals surface area contributed by atoms with Gasteiger partial charge < -0.3 is 10.2 Å². The van der Waals surface area contributed by atoms with E-state index in [-0.39, 0.29) is 28.9 Å². The van der Waals surface area contributed by atoms with Gasteiger partial charge >= 0.3 is 12.2 Å². The minimum Gasteiger partial charge on any atom is -0.325 e. The highest BCUT2D eigenvalue weighted by atomic mass is 19.4. The number of Topliss-reactive ketones (excluding diaryl/α,β-unsaturated/α-hetero) is 1. The summed E-state index contributed by atoms with van der Waals surface area (Å²) >= 11 is 0. The Kier molecular flexibility index (Phi) is 5.66. The number of carbonyl (C=O) groups is 4. The molecule has 1 spiro atoms. The third kappa shape index (κ3) is 3.91. The molecule has 11 heteroatoms. The van der Waals surface area contributed by atoms with Crippen LogP contribution in [-0.2, 0) is 21.7 Å². The lowest BCUT2D eigenvalue weighted by Crippen LogP contribution is -2.51. The highest BCUT2D eigenvalue weighted by Crippen LogP contribution is 2.41. The molecule has 7 nitrogen and oxygen atoms in total. The van der Waals surface area contributed by atoms with E-state index in [1.807, 2.05) is 0 Å². The number of nitrogens with one attached hydrogen (secondary N) is 1. The van der Waals surface area contributed by atoms with Gasteiger partial charge in [-0.25, -0.2) is 9.18 Å². The standard InChI is InChI=1S/C23H19F4N3O4/c1-13(23(25,26)27)29(11-14-6-8-15(24)9-7-14)19(32)12-30-20(33)22(28-21(30)34)10-18(31)16-4-2-3-5-17(16)22/h2-9,13H,10-12H2,1H3,(H,28,34)/t13-,22-/m0/s1. The molecular formula is C23H19F4N3O4. The Balaban J connectivity index is 1.60. The Labute approximate surface area is 191 Å². The van der Waals surface area contributed by atoms with E-state index < -0.39 is 54.5 Å². The summed E-state index contributed by atoms with van der Waals surface area (Å²) in [5.74, 6) is -2.99. The second-order valence-corrected chi connectivity index (χ2v) is 8.24. The van der Waals surface area contributed by atoms with Crippen molar-refractivity contribution < 1.29 is 36.7 Å². The van der Waals surface area contributed by atoms with Gasteiger partial charge in [0.2, 0.25) is 5.91 Å². The number of benzene rings is 2. The van der Waals surface area contributed by atoms with E-state index in [2.05, 4.69) is 5.32 Å². The van der Waals surface area contributed by atoms with Crippen molar-refractivity contribution in [2.24, 2.45) is 0 Å². The van der Waals surface area contributed by atoms with Crippen LogP contribution in [0.1, 0.15) is 34.8 Å². The number of carbonyl (C=O) groups excluding carboxylic acids is 4. The molecule has 1 aliphatic heterocycles. The van der Waals surface area contributed by atoms with Crippen LogP contribution in [0, 0.1) is 5.82 Å². The van der Waals surface area contributed by atoms with Crippen LogP contribution in [0.3, 0.4) is 0 Å². The molecule has 1 heterocycles. The first-order valence-corrected chi connectivity index (χ1v) is 10.3. The lowest BCUT2D eigenvalue weighted by molar-refractivity contribution is -0.187. The molecule has 0 aromatic heterocycles. The zero-order valence-corrected chi connectivity index (χ0v) is 17.9. The molecule has 1 N–H and O–H groups in total. The first kappa shape index (κ1) is 23.4. The van der Waals surface area contributed by atoms with Gasteiger partial charge in [0.25, 0.3) is 5.91 Å². The Morgan fingerprint density at radius 2 is 1.76 bits per heavy atom. The number of fused-ring (bicyclic) bond motifs is 2. The van der Waals surface area contributed by atoms with Crippen LogP contribution in [-0.4, -0.2) is 52.2 Å². The van der Waals surface area contributed by atoms with Gasteiger partial charge in [0.05, 0.1) is 0 Å². The zero-order valence-electron chi connectivity index (χ0n) is 17.9. The summed E-state index contributed by atoms with van der Waals surface area (Å²) in [6.45, 7) is -0.693. The molecular weight excluding hydrogens is 458 g/mol. The third-order valence-electron chi connectivity index (χ3n) is 6.11. The summed E-state index contributed by atoms with van der Waals surface area (Å²) in [6, 6.07) is 7.55. The lowest BCUT2D eigenvalue weighted by atomic mass is 9.92. The maximum atomic E-state index is 13.5. The average molecular weight is 477 g/mol. The van der Waals surface area contributed by atoms with Crippen molar-refractivity contribution in [3.05, 3.63) is 71.0 Å². The van der Waals surface area contributed by atoms with Crippen LogP contribution in [0.25, 0.3) is 0 Å². The van der Waals surface area contributed by atoms with Crippen molar-refractivity contribution in [3.8, 4) is 0 Å². The number of hydrogen-bond acceptors (Lipinski definition) is 4. The Hall–Kier alpha value is -3.76. The van der Waals surface area contributed by atoms with Gasteiger partial charge in [-0.3, -0.25) is 19.3 Å². The number of hydrogen-bond donors (Lipinski definition) is 1. The van der Waals surface area contributed by atoms with Gasteiger partial charge in [-0.05, 0) is 30.2 Å². The molecule has 1 saturated heterocycles. The summed E-state index contributed by atoms with van der Waals surface area (Å²) in [4.78, 5) is 52.2. The largest absolute Gasteiger partial charge is 0.408 e. The van der Waals surface area contributed by atoms with E-state index in [1.54, 1.807) is 12.1 Å². The number of ketones is 1. The molecule has 2 aliphatic rings. The molecule has 1 aliphatic carbocycles. The molecule has 2 aromatic carbocycles. The van der Waals surface area contributed by atoms with Crippen molar-refractivity contribution in [1.82, 2.24) is 15.1 Å². The average Bonchev–Trinajstić information content (AvgIpc) is 3.20. The van der Waals surface area contributed by atoms with E-state index in [0.717, 1.165) is 19.1 Å². The minimum atomic E-state index is -4.79. The third-order valence-corrected chi connectivity index (χ3v) is 6.11. The quantitative estimate of drug-likeness (QED) is 0.530. The lowest BCUT2D eigenvalue weighted by Gasteiger charge is -2.32. The van der Waals surface area contributed by atoms with Crippen molar-refractivity contribution in [2.45, 2.75) is 37.6 Å². The summed E-state index contributed by atoms with van der Waals surface area (Å²) in [7, 11) is 0. The van der Waals surface area contributed by atoms with Crippen LogP contribution in [0.15, 0.2) is 48.5 Å². The van der Waals surface area contributed by atoms with E-state index >= 15 is 0 Å². The Morgan fingerprint density at radius 1 is 1.12 bits per heavy atom. The van der Waals surface area contributed by atoms with Crippen molar-refractivity contribution >= 4 is 23.6 Å². The second kappa shape index (κ2) is 8.23. The van der Waals surface area contributed by atoms with Crippen LogP contribution in [0.4, 0.5) is 22.4 Å². The molecule has 34 heavy (non-hydrogen) atoms. The van der Waals surface area contributed by atoms with Gasteiger partial charge in [0.15, 0.2) is 11.3 Å². The SMILES string of the molecule is C[C@H](N(Cc1ccc(F)cc1)C(=O)CN1C(=O)N[C@]2(CC(=O)c3ccccc32)C1=O)C(F)(F)F. The van der Waals surface area contributed by atoms with Gasteiger partial charge in [-0.15, -0.1) is 0 Å². The number of imide groups is 1. The van der Waals surface area contributed by atoms with E-state index in [9.17, 15) is 36.7 Å².